The van der Waals surface area contributed by atoms with Gasteiger partial charge in [0.15, 0.2) is 0 Å². The van der Waals surface area contributed by atoms with E-state index in [0.29, 0.717) is 5.75 Å². The minimum atomic E-state index is 0.0348. The van der Waals surface area contributed by atoms with Gasteiger partial charge >= 0.3 is 0 Å². The molecule has 1 N–H and O–H groups in total. The lowest BCUT2D eigenvalue weighted by Crippen LogP contribution is -2.20. The van der Waals surface area contributed by atoms with Crippen molar-refractivity contribution in [3.8, 4) is 5.75 Å². The number of hydrogen-bond acceptors (Lipinski definition) is 4. The quantitative estimate of drug-likeness (QED) is 0.168. The van der Waals surface area contributed by atoms with Gasteiger partial charge in [-0.3, -0.25) is 0 Å². The van der Waals surface area contributed by atoms with Crippen molar-refractivity contribution in [2.24, 2.45) is 0 Å². The van der Waals surface area contributed by atoms with E-state index in [4.69, 9.17) is 4.42 Å². The van der Waals surface area contributed by atoms with E-state index >= 15 is 0 Å². The molecule has 4 heteroatoms. The Balaban J connectivity index is 1.12. The Labute approximate surface area is 330 Å². The molecule has 2 aliphatic carbocycles. The maximum absolute atomic E-state index is 10.9. The highest BCUT2D eigenvalue weighted by Crippen LogP contribution is 2.47. The molecule has 56 heavy (non-hydrogen) atoms. The third-order valence-corrected chi connectivity index (χ3v) is 12.3. The van der Waals surface area contributed by atoms with Gasteiger partial charge in [-0.25, -0.2) is 0 Å². The average molecular weight is 742 g/mol. The minimum absolute atomic E-state index is 0.0348. The first-order valence-electron chi connectivity index (χ1n) is 19.3. The van der Waals surface area contributed by atoms with Crippen LogP contribution < -0.4 is 4.90 Å². The maximum atomic E-state index is 10.9. The van der Waals surface area contributed by atoms with Gasteiger partial charge in [0.05, 0.1) is 5.69 Å². The molecule has 6 aromatic carbocycles. The zero-order valence-corrected chi connectivity index (χ0v) is 31.7. The maximum Gasteiger partial charge on any atom is 0.142 e. The van der Waals surface area contributed by atoms with Crippen molar-refractivity contribution in [2.75, 3.05) is 4.90 Å². The number of hydrogen-bond donors (Lipinski definition) is 1. The fraction of sp³-hybridized carbons (Fsp3) is 0.0769. The molecule has 0 fully saturated rings. The molecule has 0 saturated carbocycles. The summed E-state index contributed by atoms with van der Waals surface area (Å²) in [6, 6.07) is 42.4. The Bertz CT molecular complexity index is 2980. The third kappa shape index (κ3) is 5.90. The summed E-state index contributed by atoms with van der Waals surface area (Å²) in [4.78, 5) is 3.58. The molecule has 0 spiro atoms. The second-order valence-electron chi connectivity index (χ2n) is 14.5. The van der Waals surface area contributed by atoms with E-state index in [2.05, 4.69) is 145 Å². The lowest BCUT2D eigenvalue weighted by Gasteiger charge is -2.32. The molecule has 0 aliphatic heterocycles. The van der Waals surface area contributed by atoms with Crippen molar-refractivity contribution in [1.82, 2.24) is 0 Å². The predicted molar refractivity (Wildman–Crippen MR) is 240 cm³/mol. The van der Waals surface area contributed by atoms with Crippen LogP contribution in [-0.2, 0) is 0 Å². The number of anilines is 2. The van der Waals surface area contributed by atoms with Crippen LogP contribution in [0.25, 0.3) is 66.6 Å². The molecular weight excluding hydrogens is 703 g/mol. The van der Waals surface area contributed by atoms with Crippen LogP contribution in [-0.4, -0.2) is 5.11 Å². The molecule has 8 aromatic rings. The van der Waals surface area contributed by atoms with Gasteiger partial charge in [-0.1, -0.05) is 134 Å². The zero-order valence-electron chi connectivity index (χ0n) is 30.9. The monoisotopic (exact) mass is 741 g/mol. The van der Waals surface area contributed by atoms with Gasteiger partial charge in [-0.15, -0.1) is 11.3 Å². The molecule has 0 radical (unpaired) electrons. The molecule has 2 aromatic heterocycles. The highest BCUT2D eigenvalue weighted by Gasteiger charge is 2.25. The standard InChI is InChI=1S/C52H39NO2S/c1-2-40-49(31-28-36-16-13-23-45-43-21-9-11-25-48(43)55-52(36)45)56-50-33-46(42-20-6-7-22-44(42)51(40)50)53(38-29-26-35(27-30-38)34-14-4-3-5-15-34)39-18-12-17-37(32-39)41-19-8-10-24-47(41)54/h2,4,6-31,33,37,54H,1,3,5,32H2/b31-28-. The van der Waals surface area contributed by atoms with Crippen molar-refractivity contribution in [3.05, 3.63) is 197 Å². The average Bonchev–Trinajstić information content (AvgIpc) is 3.82. The zero-order chi connectivity index (χ0) is 37.6. The number of benzene rings is 6. The first-order chi connectivity index (χ1) is 27.6. The van der Waals surface area contributed by atoms with E-state index in [-0.39, 0.29) is 5.92 Å². The lowest BCUT2D eigenvalue weighted by molar-refractivity contribution is 0.465. The van der Waals surface area contributed by atoms with E-state index in [9.17, 15) is 5.11 Å². The molecule has 2 aliphatic rings. The van der Waals surface area contributed by atoms with E-state index in [1.54, 1.807) is 17.4 Å². The number of rotatable bonds is 8. The van der Waals surface area contributed by atoms with Gasteiger partial charge in [0.1, 0.15) is 16.9 Å². The summed E-state index contributed by atoms with van der Waals surface area (Å²) in [7, 11) is 0. The van der Waals surface area contributed by atoms with Gasteiger partial charge in [0, 0.05) is 65.1 Å². The van der Waals surface area contributed by atoms with Crippen LogP contribution in [0.2, 0.25) is 0 Å². The number of furan rings is 1. The molecule has 2 heterocycles. The van der Waals surface area contributed by atoms with E-state index in [1.165, 1.54) is 32.0 Å². The number of phenols is 1. The van der Waals surface area contributed by atoms with Crippen LogP contribution in [0.1, 0.15) is 52.3 Å². The number of phenolic OH excluding ortho intramolecular Hbond substituents is 1. The van der Waals surface area contributed by atoms with Crippen LogP contribution in [0.15, 0.2) is 174 Å². The Morgan fingerprint density at radius 1 is 0.786 bits per heavy atom. The largest absolute Gasteiger partial charge is 0.508 e. The molecule has 3 nitrogen and oxygen atoms in total. The Morgan fingerprint density at radius 2 is 1.57 bits per heavy atom. The lowest BCUT2D eigenvalue weighted by atomic mass is 9.89. The van der Waals surface area contributed by atoms with Gasteiger partial charge < -0.3 is 14.4 Å². The number of nitrogens with zero attached hydrogens (tertiary/aromatic N) is 1. The second-order valence-corrected chi connectivity index (χ2v) is 15.6. The first kappa shape index (κ1) is 33.9. The van der Waals surface area contributed by atoms with E-state index in [0.717, 1.165) is 79.8 Å². The SMILES string of the molecule is C=Cc1c(/C=C\c2cccc3c2oc2ccccc23)sc2cc(N(C3=CC=CC(c4ccccc4O)C3)c3ccc(C4=CCCC=C4)cc3)c3ccccc3c12. The summed E-state index contributed by atoms with van der Waals surface area (Å²) < 4.78 is 7.56. The van der Waals surface area contributed by atoms with Gasteiger partial charge in [-0.05, 0) is 84.3 Å². The molecule has 1 atom stereocenters. The Kier molecular flexibility index (Phi) is 8.61. The van der Waals surface area contributed by atoms with E-state index < -0.39 is 0 Å². The minimum Gasteiger partial charge on any atom is -0.508 e. The Hall–Kier alpha value is -6.62. The summed E-state index contributed by atoms with van der Waals surface area (Å²) in [6.45, 7) is 4.32. The summed E-state index contributed by atoms with van der Waals surface area (Å²) >= 11 is 1.79. The molecular formula is C52H39NO2S. The summed E-state index contributed by atoms with van der Waals surface area (Å²) in [5, 5.41) is 16.7. The summed E-state index contributed by atoms with van der Waals surface area (Å²) in [5.41, 5.74) is 10.8. The highest BCUT2D eigenvalue weighted by atomic mass is 32.1. The molecule has 270 valence electrons. The third-order valence-electron chi connectivity index (χ3n) is 11.2. The van der Waals surface area contributed by atoms with Crippen molar-refractivity contribution >= 4 is 89.3 Å². The Morgan fingerprint density at radius 3 is 2.39 bits per heavy atom. The number of fused-ring (bicyclic) bond motifs is 6. The topological polar surface area (TPSA) is 36.6 Å². The molecule has 1 unspecified atom stereocenters. The van der Waals surface area contributed by atoms with Gasteiger partial charge in [0.25, 0.3) is 0 Å². The number of allylic oxidation sites excluding steroid dienone is 8. The smallest absolute Gasteiger partial charge is 0.142 e. The fourth-order valence-corrected chi connectivity index (χ4v) is 9.66. The fourth-order valence-electron chi connectivity index (χ4n) is 8.50. The molecule has 0 bridgehead atoms. The van der Waals surface area contributed by atoms with Crippen LogP contribution >= 0.6 is 11.3 Å². The second kappa shape index (κ2) is 14.2. The summed E-state index contributed by atoms with van der Waals surface area (Å²) in [6.07, 6.45) is 22.7. The highest BCUT2D eigenvalue weighted by molar-refractivity contribution is 7.20. The normalized spacial score (nSPS) is 15.6. The van der Waals surface area contributed by atoms with Crippen LogP contribution in [0, 0.1) is 0 Å². The first-order valence-corrected chi connectivity index (χ1v) is 20.1. The van der Waals surface area contributed by atoms with Crippen molar-refractivity contribution in [3.63, 3.8) is 0 Å². The predicted octanol–water partition coefficient (Wildman–Crippen LogP) is 15.0. The number of aromatic hydroxyl groups is 1. The number of thiophene rings is 1. The number of para-hydroxylation sites is 3. The van der Waals surface area contributed by atoms with Crippen molar-refractivity contribution in [1.29, 1.82) is 0 Å². The van der Waals surface area contributed by atoms with E-state index in [1.807, 2.05) is 36.4 Å². The van der Waals surface area contributed by atoms with Gasteiger partial charge in [0.2, 0.25) is 0 Å². The molecule has 0 saturated heterocycles. The van der Waals surface area contributed by atoms with Crippen molar-refractivity contribution in [2.45, 2.75) is 25.2 Å². The van der Waals surface area contributed by atoms with Crippen LogP contribution in [0.5, 0.6) is 5.75 Å². The van der Waals surface area contributed by atoms with Crippen LogP contribution in [0.4, 0.5) is 11.4 Å². The van der Waals surface area contributed by atoms with Gasteiger partial charge in [-0.2, -0.15) is 0 Å². The summed E-state index contributed by atoms with van der Waals surface area (Å²) in [5.74, 6) is 0.361. The van der Waals surface area contributed by atoms with Crippen LogP contribution in [0.3, 0.4) is 0 Å². The van der Waals surface area contributed by atoms with Crippen molar-refractivity contribution < 1.29 is 9.52 Å². The molecule has 0 amide bonds. The molecule has 10 rings (SSSR count).